The SMILES string of the molecule is CC(=O)Nc1cccc(C2(CC3CCN(S(C)(=O)=O)CC3)CC(=O)C(C)S2)c1. The first-order valence-electron chi connectivity index (χ1n) is 9.63. The molecule has 1 amide bonds. The molecule has 2 atom stereocenters. The fourth-order valence-electron chi connectivity index (χ4n) is 4.27. The lowest BCUT2D eigenvalue weighted by atomic mass is 9.81. The molecule has 28 heavy (non-hydrogen) atoms. The second-order valence-corrected chi connectivity index (χ2v) is 11.7. The van der Waals surface area contributed by atoms with Gasteiger partial charge < -0.3 is 5.32 Å². The summed E-state index contributed by atoms with van der Waals surface area (Å²) in [5.74, 6) is 0.499. The summed E-state index contributed by atoms with van der Waals surface area (Å²) in [5, 5.41) is 2.77. The zero-order chi connectivity index (χ0) is 20.5. The summed E-state index contributed by atoms with van der Waals surface area (Å²) in [6, 6.07) is 7.79. The number of anilines is 1. The number of hydrogen-bond acceptors (Lipinski definition) is 5. The van der Waals surface area contributed by atoms with Crippen LogP contribution >= 0.6 is 11.8 Å². The van der Waals surface area contributed by atoms with Crippen molar-refractivity contribution in [1.29, 1.82) is 0 Å². The average molecular weight is 425 g/mol. The quantitative estimate of drug-likeness (QED) is 0.786. The van der Waals surface area contributed by atoms with Crippen molar-refractivity contribution in [3.8, 4) is 0 Å². The number of Topliss-reactive ketones (excluding diaryl/α,β-unsaturated/α-hetero) is 1. The highest BCUT2D eigenvalue weighted by Gasteiger charge is 2.46. The molecule has 154 valence electrons. The molecule has 0 aromatic heterocycles. The van der Waals surface area contributed by atoms with Gasteiger partial charge in [-0.15, -0.1) is 11.8 Å². The van der Waals surface area contributed by atoms with Crippen molar-refractivity contribution in [3.63, 3.8) is 0 Å². The first-order chi connectivity index (χ1) is 13.1. The van der Waals surface area contributed by atoms with Crippen LogP contribution in [0.1, 0.15) is 45.1 Å². The van der Waals surface area contributed by atoms with Crippen LogP contribution in [0.4, 0.5) is 5.69 Å². The van der Waals surface area contributed by atoms with E-state index in [9.17, 15) is 18.0 Å². The predicted molar refractivity (Wildman–Crippen MR) is 113 cm³/mol. The second kappa shape index (κ2) is 8.16. The van der Waals surface area contributed by atoms with Gasteiger partial charge in [-0.05, 0) is 49.8 Å². The molecule has 2 fully saturated rings. The Balaban J connectivity index is 1.82. The van der Waals surface area contributed by atoms with E-state index in [1.807, 2.05) is 31.2 Å². The van der Waals surface area contributed by atoms with Gasteiger partial charge >= 0.3 is 0 Å². The van der Waals surface area contributed by atoms with E-state index in [1.165, 1.54) is 13.2 Å². The molecule has 1 N–H and O–H groups in total. The third-order valence-electron chi connectivity index (χ3n) is 5.69. The summed E-state index contributed by atoms with van der Waals surface area (Å²) in [6.45, 7) is 4.52. The van der Waals surface area contributed by atoms with Crippen LogP contribution in [0.3, 0.4) is 0 Å². The number of ketones is 1. The van der Waals surface area contributed by atoms with Crippen LogP contribution in [-0.2, 0) is 24.4 Å². The Bertz CT molecular complexity index is 863. The highest BCUT2D eigenvalue weighted by atomic mass is 32.2. The van der Waals surface area contributed by atoms with E-state index in [4.69, 9.17) is 0 Å². The molecule has 2 saturated heterocycles. The van der Waals surface area contributed by atoms with Crippen LogP contribution in [0.25, 0.3) is 0 Å². The Morgan fingerprint density at radius 2 is 2.00 bits per heavy atom. The Labute approximate surface area is 171 Å². The van der Waals surface area contributed by atoms with E-state index >= 15 is 0 Å². The number of nitrogens with zero attached hydrogens (tertiary/aromatic N) is 1. The summed E-state index contributed by atoms with van der Waals surface area (Å²) in [6.07, 6.45) is 4.20. The Morgan fingerprint density at radius 1 is 1.32 bits per heavy atom. The number of benzene rings is 1. The number of sulfonamides is 1. The third-order valence-corrected chi connectivity index (χ3v) is 8.60. The van der Waals surface area contributed by atoms with Gasteiger partial charge in [0.25, 0.3) is 0 Å². The standard InChI is InChI=1S/C20H28N2O4S2/c1-14-19(24)13-20(27-14,17-5-4-6-18(11-17)21-15(2)23)12-16-7-9-22(10-8-16)28(3,25)26/h4-6,11,14,16H,7-10,12-13H2,1-3H3,(H,21,23). The normalized spacial score (nSPS) is 27.1. The fourth-order valence-corrected chi connectivity index (χ4v) is 6.86. The molecule has 1 aromatic carbocycles. The Morgan fingerprint density at radius 3 is 2.54 bits per heavy atom. The van der Waals surface area contributed by atoms with Crippen LogP contribution in [0, 0.1) is 5.92 Å². The Kier molecular flexibility index (Phi) is 6.22. The van der Waals surface area contributed by atoms with E-state index in [0.717, 1.165) is 30.5 Å². The third kappa shape index (κ3) is 4.78. The van der Waals surface area contributed by atoms with Gasteiger partial charge in [-0.2, -0.15) is 0 Å². The highest BCUT2D eigenvalue weighted by molar-refractivity contribution is 8.02. The number of nitrogens with one attached hydrogen (secondary N) is 1. The number of amides is 1. The molecule has 0 saturated carbocycles. The molecule has 3 rings (SSSR count). The van der Waals surface area contributed by atoms with Crippen molar-refractivity contribution < 1.29 is 18.0 Å². The van der Waals surface area contributed by atoms with Gasteiger partial charge in [0, 0.05) is 36.9 Å². The summed E-state index contributed by atoms with van der Waals surface area (Å²) in [4.78, 5) is 23.9. The van der Waals surface area contributed by atoms with Crippen LogP contribution in [-0.4, -0.2) is 49.0 Å². The molecule has 2 aliphatic rings. The lowest BCUT2D eigenvalue weighted by Gasteiger charge is -2.37. The molecular formula is C20H28N2O4S2. The van der Waals surface area contributed by atoms with Crippen molar-refractivity contribution >= 4 is 39.2 Å². The van der Waals surface area contributed by atoms with Gasteiger partial charge in [-0.1, -0.05) is 12.1 Å². The molecule has 0 aliphatic carbocycles. The van der Waals surface area contributed by atoms with Crippen molar-refractivity contribution in [2.24, 2.45) is 5.92 Å². The smallest absolute Gasteiger partial charge is 0.221 e. The van der Waals surface area contributed by atoms with E-state index < -0.39 is 10.0 Å². The lowest BCUT2D eigenvalue weighted by molar-refractivity contribution is -0.118. The van der Waals surface area contributed by atoms with Gasteiger partial charge in [0.2, 0.25) is 15.9 Å². The number of rotatable bonds is 5. The van der Waals surface area contributed by atoms with Crippen molar-refractivity contribution in [2.45, 2.75) is 49.5 Å². The molecule has 2 heterocycles. The number of hydrogen-bond donors (Lipinski definition) is 1. The number of thioether (sulfide) groups is 1. The van der Waals surface area contributed by atoms with Crippen molar-refractivity contribution in [3.05, 3.63) is 29.8 Å². The maximum atomic E-state index is 12.5. The van der Waals surface area contributed by atoms with E-state index in [-0.39, 0.29) is 21.7 Å². The zero-order valence-electron chi connectivity index (χ0n) is 16.6. The van der Waals surface area contributed by atoms with E-state index in [0.29, 0.717) is 25.4 Å². The molecular weight excluding hydrogens is 396 g/mol. The molecule has 1 aromatic rings. The van der Waals surface area contributed by atoms with Gasteiger partial charge in [0.05, 0.1) is 11.5 Å². The lowest BCUT2D eigenvalue weighted by Crippen LogP contribution is -2.39. The van der Waals surface area contributed by atoms with Crippen molar-refractivity contribution in [1.82, 2.24) is 4.31 Å². The maximum absolute atomic E-state index is 12.5. The topological polar surface area (TPSA) is 83.6 Å². The molecule has 0 spiro atoms. The van der Waals surface area contributed by atoms with Gasteiger partial charge in [-0.3, -0.25) is 9.59 Å². The zero-order valence-corrected chi connectivity index (χ0v) is 18.2. The van der Waals surface area contributed by atoms with Gasteiger partial charge in [0.15, 0.2) is 0 Å². The summed E-state index contributed by atoms with van der Waals surface area (Å²) >= 11 is 1.71. The minimum absolute atomic E-state index is 0.0551. The minimum Gasteiger partial charge on any atom is -0.326 e. The van der Waals surface area contributed by atoms with E-state index in [1.54, 1.807) is 16.1 Å². The average Bonchev–Trinajstić information content (AvgIpc) is 2.89. The molecule has 2 unspecified atom stereocenters. The minimum atomic E-state index is -3.14. The monoisotopic (exact) mass is 424 g/mol. The summed E-state index contributed by atoms with van der Waals surface area (Å²) in [7, 11) is -3.14. The summed E-state index contributed by atoms with van der Waals surface area (Å²) < 4.78 is 24.8. The Hall–Kier alpha value is -1.38. The first-order valence-corrected chi connectivity index (χ1v) is 12.4. The molecule has 0 radical (unpaired) electrons. The first kappa shape index (κ1) is 21.3. The van der Waals surface area contributed by atoms with Crippen LogP contribution in [0.15, 0.2) is 24.3 Å². The second-order valence-electron chi connectivity index (χ2n) is 7.97. The molecule has 6 nitrogen and oxygen atoms in total. The molecule has 2 aliphatic heterocycles. The van der Waals surface area contributed by atoms with Gasteiger partial charge in [-0.25, -0.2) is 12.7 Å². The molecule has 8 heteroatoms. The molecule has 0 bridgehead atoms. The number of piperidine rings is 1. The van der Waals surface area contributed by atoms with Gasteiger partial charge in [0.1, 0.15) is 5.78 Å². The maximum Gasteiger partial charge on any atom is 0.221 e. The fraction of sp³-hybridized carbons (Fsp3) is 0.600. The van der Waals surface area contributed by atoms with Crippen molar-refractivity contribution in [2.75, 3.05) is 24.7 Å². The van der Waals surface area contributed by atoms with Crippen LogP contribution in [0.5, 0.6) is 0 Å². The number of carbonyl (C=O) groups excluding carboxylic acids is 2. The van der Waals surface area contributed by atoms with Crippen LogP contribution < -0.4 is 5.32 Å². The predicted octanol–water partition coefficient (Wildman–Crippen LogP) is 3.00. The van der Waals surface area contributed by atoms with Crippen LogP contribution in [0.2, 0.25) is 0 Å². The summed E-state index contributed by atoms with van der Waals surface area (Å²) in [5.41, 5.74) is 1.80. The number of carbonyl (C=O) groups is 2. The van der Waals surface area contributed by atoms with E-state index in [2.05, 4.69) is 5.32 Å². The largest absolute Gasteiger partial charge is 0.326 e. The highest BCUT2D eigenvalue weighted by Crippen LogP contribution is 2.53.